The van der Waals surface area contributed by atoms with Gasteiger partial charge in [0.2, 0.25) is 0 Å². The third-order valence-electron chi connectivity index (χ3n) is 0. The molecule has 0 aliphatic rings. The molecule has 73 valence electrons. The summed E-state index contributed by atoms with van der Waals surface area (Å²) >= 11 is 10.2. The van der Waals surface area contributed by atoms with E-state index in [9.17, 15) is 0 Å². The maximum absolute atomic E-state index is 2.54. The van der Waals surface area contributed by atoms with E-state index in [0.717, 1.165) is 0 Å². The van der Waals surface area contributed by atoms with E-state index < -0.39 is 1.87 Å². The Morgan fingerprint density at radius 2 is 0.500 bits per heavy atom. The molecule has 10 N–H and O–H groups in total. The van der Waals surface area contributed by atoms with Crippen LogP contribution in [0.15, 0.2) is 0 Å². The molecule has 0 aromatic rings. The van der Waals surface area contributed by atoms with E-state index in [1.54, 1.807) is 0 Å². The van der Waals surface area contributed by atoms with Gasteiger partial charge in [-0.1, -0.05) is 0 Å². The molecule has 0 aromatic carbocycles. The standard InChI is InChI=1S/4HI.Nb.5H2O/h4*1H;;5*1H2/q;;;;+4;;;;;/p-4. The van der Waals surface area contributed by atoms with Crippen molar-refractivity contribution in [2.45, 2.75) is 0 Å². The average Bonchev–Trinajstić information content (AvgIpc) is 0.722. The molecule has 5 nitrogen and oxygen atoms in total. The normalized spacial score (nSPS) is 6.00. The van der Waals surface area contributed by atoms with Gasteiger partial charge in [-0.05, 0) is 0 Å². The molecule has 0 spiro atoms. The van der Waals surface area contributed by atoms with Crippen molar-refractivity contribution in [1.82, 2.24) is 0 Å². The molecule has 0 atom stereocenters. The molecule has 0 heterocycles. The van der Waals surface area contributed by atoms with E-state index in [-0.39, 0.29) is 27.4 Å². The molecule has 0 aliphatic carbocycles. The number of hydrogen-bond donors (Lipinski definition) is 0. The van der Waals surface area contributed by atoms with Crippen molar-refractivity contribution in [3.8, 4) is 0 Å². The van der Waals surface area contributed by atoms with Crippen molar-refractivity contribution < 1.29 is 29.2 Å². The molecule has 0 aromatic heterocycles. The van der Waals surface area contributed by atoms with Crippen molar-refractivity contribution in [3.63, 3.8) is 0 Å². The van der Waals surface area contributed by atoms with Crippen LogP contribution >= 0.6 is 76.1 Å². The van der Waals surface area contributed by atoms with Gasteiger partial charge in [0.15, 0.2) is 0 Å². The molecule has 0 saturated carbocycles. The Hall–Kier alpha value is 3.46. The van der Waals surface area contributed by atoms with Gasteiger partial charge in [0.1, 0.15) is 0 Å². The van der Waals surface area contributed by atoms with E-state index in [2.05, 4.69) is 76.1 Å². The topological polar surface area (TPSA) is 158 Å². The first-order valence-corrected chi connectivity index (χ1v) is 26.8. The van der Waals surface area contributed by atoms with Gasteiger partial charge in [0, 0.05) is 0 Å². The molecule has 0 unspecified atom stereocenters. The van der Waals surface area contributed by atoms with Crippen molar-refractivity contribution in [1.29, 1.82) is 0 Å². The Morgan fingerprint density at radius 1 is 0.500 bits per heavy atom. The molecule has 0 bridgehead atoms. The van der Waals surface area contributed by atoms with Crippen LogP contribution < -0.4 is 0 Å². The van der Waals surface area contributed by atoms with Crippen LogP contribution in [-0.4, -0.2) is 27.4 Å². The zero-order chi connectivity index (χ0) is 4.50. The maximum atomic E-state index is 2.54. The number of hydrogen-bond acceptors (Lipinski definition) is 0. The fraction of sp³-hybridized carbons (Fsp3) is 0. The van der Waals surface area contributed by atoms with Crippen LogP contribution in [-0.2, 0) is 1.87 Å². The molecule has 10 heavy (non-hydrogen) atoms. The molecule has 0 radical (unpaired) electrons. The molecule has 10 heteroatoms. The van der Waals surface area contributed by atoms with Crippen LogP contribution in [0, 0.1) is 0 Å². The minimum atomic E-state index is -1.22. The summed E-state index contributed by atoms with van der Waals surface area (Å²) in [7, 11) is 0. The summed E-state index contributed by atoms with van der Waals surface area (Å²) in [4.78, 5) is 0. The minimum absolute atomic E-state index is 0. The fourth-order valence-corrected chi connectivity index (χ4v) is 0. The quantitative estimate of drug-likeness (QED) is 0.236. The van der Waals surface area contributed by atoms with Gasteiger partial charge in [-0.2, -0.15) is 0 Å². The van der Waals surface area contributed by atoms with Crippen LogP contribution in [0.5, 0.6) is 0 Å². The van der Waals surface area contributed by atoms with Crippen LogP contribution in [0.1, 0.15) is 0 Å². The van der Waals surface area contributed by atoms with Gasteiger partial charge in [0.05, 0.1) is 0 Å². The second-order valence-electron chi connectivity index (χ2n) is 0.383. The number of rotatable bonds is 0. The van der Waals surface area contributed by atoms with E-state index in [4.69, 9.17) is 0 Å². The zero-order valence-corrected chi connectivity index (χ0v) is 15.3. The average molecular weight is 691 g/mol. The summed E-state index contributed by atoms with van der Waals surface area (Å²) in [6, 6.07) is 0. The zero-order valence-electron chi connectivity index (χ0n) is 4.46. The predicted molar refractivity (Wildman–Crippen MR) is 74.1 cm³/mol. The van der Waals surface area contributed by atoms with Crippen LogP contribution in [0.3, 0.4) is 0 Å². The summed E-state index contributed by atoms with van der Waals surface area (Å²) in [5, 5.41) is 0. The summed E-state index contributed by atoms with van der Waals surface area (Å²) in [5.41, 5.74) is 0. The third kappa shape index (κ3) is 105. The molecule has 0 rings (SSSR count). The van der Waals surface area contributed by atoms with Crippen molar-refractivity contribution in [3.05, 3.63) is 0 Å². The SMILES string of the molecule is O.O.O.O.O.[I][Nb]([I])([I])[I]. The van der Waals surface area contributed by atoms with Gasteiger partial charge >= 0.3 is 78.0 Å². The number of halogens is 4. The Kier molecular flexibility index (Phi) is 68.7. The second kappa shape index (κ2) is 18.3. The van der Waals surface area contributed by atoms with E-state index >= 15 is 0 Å². The summed E-state index contributed by atoms with van der Waals surface area (Å²) in [5.74, 6) is 0. The molecule has 0 fully saturated rings. The van der Waals surface area contributed by atoms with Crippen molar-refractivity contribution >= 4 is 76.1 Å². The van der Waals surface area contributed by atoms with Gasteiger partial charge in [0.25, 0.3) is 0 Å². The van der Waals surface area contributed by atoms with Crippen LogP contribution in [0.25, 0.3) is 0 Å². The van der Waals surface area contributed by atoms with Crippen molar-refractivity contribution in [2.75, 3.05) is 0 Å². The predicted octanol–water partition coefficient (Wildman–Crippen LogP) is -0.583. The Balaban J connectivity index is -0.00000000800. The van der Waals surface area contributed by atoms with Crippen LogP contribution in [0.2, 0.25) is 0 Å². The summed E-state index contributed by atoms with van der Waals surface area (Å²) in [6.07, 6.45) is 0. The Labute approximate surface area is 103 Å². The van der Waals surface area contributed by atoms with E-state index in [1.807, 2.05) is 0 Å². The fourth-order valence-electron chi connectivity index (χ4n) is 0. The molecule has 0 aliphatic heterocycles. The molecular formula is H10I4NbO5. The van der Waals surface area contributed by atoms with Gasteiger partial charge in [-0.25, -0.2) is 0 Å². The first kappa shape index (κ1) is 37.5. The van der Waals surface area contributed by atoms with E-state index in [1.165, 1.54) is 0 Å². The Morgan fingerprint density at radius 3 is 0.500 bits per heavy atom. The Bertz CT molecular complexity index is 29.1. The first-order chi connectivity index (χ1) is 2.00. The van der Waals surface area contributed by atoms with Gasteiger partial charge < -0.3 is 27.4 Å². The summed E-state index contributed by atoms with van der Waals surface area (Å²) in [6.45, 7) is 0. The van der Waals surface area contributed by atoms with Crippen LogP contribution in [0.4, 0.5) is 0 Å². The van der Waals surface area contributed by atoms with E-state index in [0.29, 0.717) is 0 Å². The van der Waals surface area contributed by atoms with Gasteiger partial charge in [-0.3, -0.25) is 0 Å². The summed E-state index contributed by atoms with van der Waals surface area (Å²) < 4.78 is -1.22. The third-order valence-corrected chi connectivity index (χ3v) is 0. The second-order valence-corrected chi connectivity index (χ2v) is 102. The molecule has 0 amide bonds. The molecule has 0 saturated heterocycles. The molecular weight excluding hydrogens is 681 g/mol. The van der Waals surface area contributed by atoms with Gasteiger partial charge in [-0.15, -0.1) is 0 Å². The van der Waals surface area contributed by atoms with Crippen molar-refractivity contribution in [2.24, 2.45) is 0 Å². The first-order valence-electron chi connectivity index (χ1n) is 0.676. The monoisotopic (exact) mass is 691 g/mol.